The first-order valence-electron chi connectivity index (χ1n) is 7.55. The van der Waals surface area contributed by atoms with Gasteiger partial charge in [-0.25, -0.2) is 0 Å². The van der Waals surface area contributed by atoms with E-state index in [9.17, 15) is 0 Å². The van der Waals surface area contributed by atoms with Crippen molar-refractivity contribution in [1.29, 1.82) is 0 Å². The summed E-state index contributed by atoms with van der Waals surface area (Å²) in [5.41, 5.74) is 1.04. The normalized spacial score (nSPS) is 10.8. The van der Waals surface area contributed by atoms with Gasteiger partial charge in [0.1, 0.15) is 0 Å². The van der Waals surface area contributed by atoms with E-state index in [1.54, 1.807) is 0 Å². The molecule has 21 heavy (non-hydrogen) atoms. The Labute approximate surface area is 132 Å². The zero-order chi connectivity index (χ0) is 15.2. The molecule has 0 aromatic heterocycles. The Morgan fingerprint density at radius 2 is 1.43 bits per heavy atom. The molecule has 0 spiro atoms. The van der Waals surface area contributed by atoms with Gasteiger partial charge in [0.25, 0.3) is 0 Å². The average Bonchev–Trinajstić information content (AvgIpc) is 2.50. The van der Waals surface area contributed by atoms with Crippen molar-refractivity contribution < 1.29 is 14.2 Å². The second kappa shape index (κ2) is 12.9. The largest absolute Gasteiger partial charge is 0.383 e. The predicted octanol–water partition coefficient (Wildman–Crippen LogP) is 3.60. The smallest absolute Gasteiger partial charge is 0.0701 e. The molecule has 0 atom stereocenters. The molecule has 0 aliphatic rings. The van der Waals surface area contributed by atoms with Crippen LogP contribution in [0, 0.1) is 0 Å². The molecule has 5 heteroatoms. The van der Waals surface area contributed by atoms with Gasteiger partial charge >= 0.3 is 0 Å². The fourth-order valence-electron chi connectivity index (χ4n) is 1.62. The number of nitrogens with one attached hydrogen (secondary N) is 1. The number of unbranched alkanes of at least 4 members (excludes halogenated alkanes) is 1. The van der Waals surface area contributed by atoms with Crippen LogP contribution in [0.2, 0.25) is 5.02 Å². The van der Waals surface area contributed by atoms with E-state index in [1.165, 1.54) is 6.42 Å². The highest BCUT2D eigenvalue weighted by molar-refractivity contribution is 6.30. The molecule has 0 saturated carbocycles. The molecular formula is C16H26ClNO3. The van der Waals surface area contributed by atoms with Crippen molar-refractivity contribution in [3.05, 3.63) is 29.3 Å². The van der Waals surface area contributed by atoms with Gasteiger partial charge in [-0.3, -0.25) is 0 Å². The maximum absolute atomic E-state index is 5.82. The minimum absolute atomic E-state index is 0.608. The van der Waals surface area contributed by atoms with Gasteiger partial charge in [-0.1, -0.05) is 24.9 Å². The van der Waals surface area contributed by atoms with Crippen LogP contribution in [-0.2, 0) is 14.2 Å². The minimum atomic E-state index is 0.608. The highest BCUT2D eigenvalue weighted by Crippen LogP contribution is 2.12. The lowest BCUT2D eigenvalue weighted by Crippen LogP contribution is -2.14. The Bertz CT molecular complexity index is 346. The summed E-state index contributed by atoms with van der Waals surface area (Å²) in [5.74, 6) is 0. The summed E-state index contributed by atoms with van der Waals surface area (Å²) < 4.78 is 16.3. The Morgan fingerprint density at radius 3 is 2.05 bits per heavy atom. The van der Waals surface area contributed by atoms with Crippen molar-refractivity contribution >= 4 is 17.3 Å². The molecule has 1 aromatic rings. The Hall–Kier alpha value is -0.810. The summed E-state index contributed by atoms with van der Waals surface area (Å²) in [6.45, 7) is 6.91. The molecule has 120 valence electrons. The van der Waals surface area contributed by atoms with Crippen LogP contribution in [0.3, 0.4) is 0 Å². The second-order valence-corrected chi connectivity index (χ2v) is 5.06. The van der Waals surface area contributed by atoms with Crippen LogP contribution in [0.1, 0.15) is 19.8 Å². The summed E-state index contributed by atoms with van der Waals surface area (Å²) in [7, 11) is 0. The maximum atomic E-state index is 5.82. The molecule has 0 aliphatic carbocycles. The van der Waals surface area contributed by atoms with Gasteiger partial charge in [-0.15, -0.1) is 0 Å². The maximum Gasteiger partial charge on any atom is 0.0701 e. The van der Waals surface area contributed by atoms with Crippen molar-refractivity contribution in [2.75, 3.05) is 51.5 Å². The van der Waals surface area contributed by atoms with Crippen molar-refractivity contribution in [2.45, 2.75) is 19.8 Å². The molecule has 0 bridgehead atoms. The Balaban J connectivity index is 1.81. The van der Waals surface area contributed by atoms with Crippen molar-refractivity contribution in [3.8, 4) is 0 Å². The van der Waals surface area contributed by atoms with Crippen LogP contribution in [0.15, 0.2) is 24.3 Å². The van der Waals surface area contributed by atoms with E-state index >= 15 is 0 Å². The lowest BCUT2D eigenvalue weighted by molar-refractivity contribution is 0.0159. The van der Waals surface area contributed by atoms with Crippen LogP contribution in [0.4, 0.5) is 5.69 Å². The molecule has 0 unspecified atom stereocenters. The number of hydrogen-bond donors (Lipinski definition) is 1. The van der Waals surface area contributed by atoms with Gasteiger partial charge in [-0.2, -0.15) is 0 Å². The SMILES string of the molecule is CCCCOCCOCCOCCNc1ccc(Cl)cc1. The topological polar surface area (TPSA) is 39.7 Å². The molecule has 0 heterocycles. The molecule has 1 rings (SSSR count). The molecule has 0 amide bonds. The zero-order valence-corrected chi connectivity index (χ0v) is 13.5. The lowest BCUT2D eigenvalue weighted by atomic mass is 10.3. The highest BCUT2D eigenvalue weighted by Gasteiger charge is 1.93. The number of hydrogen-bond acceptors (Lipinski definition) is 4. The molecule has 1 N–H and O–H groups in total. The third-order valence-electron chi connectivity index (χ3n) is 2.81. The molecule has 0 aliphatic heterocycles. The predicted molar refractivity (Wildman–Crippen MR) is 87.3 cm³/mol. The molecule has 1 aromatic carbocycles. The summed E-state index contributed by atoms with van der Waals surface area (Å²) in [4.78, 5) is 0. The van der Waals surface area contributed by atoms with Crippen LogP contribution in [0.25, 0.3) is 0 Å². The van der Waals surface area contributed by atoms with E-state index in [0.717, 1.165) is 30.3 Å². The summed E-state index contributed by atoms with van der Waals surface area (Å²) in [5, 5.41) is 4.00. The van der Waals surface area contributed by atoms with Gasteiger partial charge in [-0.05, 0) is 30.7 Å². The molecule has 4 nitrogen and oxygen atoms in total. The number of rotatable bonds is 13. The summed E-state index contributed by atoms with van der Waals surface area (Å²) in [6.07, 6.45) is 2.28. The quantitative estimate of drug-likeness (QED) is 0.565. The van der Waals surface area contributed by atoms with E-state index in [2.05, 4.69) is 12.2 Å². The molecule has 0 fully saturated rings. The average molecular weight is 316 g/mol. The fraction of sp³-hybridized carbons (Fsp3) is 0.625. The second-order valence-electron chi connectivity index (χ2n) is 4.62. The van der Waals surface area contributed by atoms with Gasteiger partial charge in [0.05, 0.1) is 33.0 Å². The first kappa shape index (κ1) is 18.2. The van der Waals surface area contributed by atoms with Crippen molar-refractivity contribution in [3.63, 3.8) is 0 Å². The van der Waals surface area contributed by atoms with Crippen molar-refractivity contribution in [2.24, 2.45) is 0 Å². The van der Waals surface area contributed by atoms with E-state index in [1.807, 2.05) is 24.3 Å². The van der Waals surface area contributed by atoms with Crippen molar-refractivity contribution in [1.82, 2.24) is 0 Å². The first-order valence-corrected chi connectivity index (χ1v) is 7.93. The van der Waals surface area contributed by atoms with Gasteiger partial charge in [0.15, 0.2) is 0 Å². The first-order chi connectivity index (χ1) is 10.3. The van der Waals surface area contributed by atoms with E-state index < -0.39 is 0 Å². The van der Waals surface area contributed by atoms with Gasteiger partial charge < -0.3 is 19.5 Å². The van der Waals surface area contributed by atoms with Crippen LogP contribution >= 0.6 is 11.6 Å². The number of anilines is 1. The van der Waals surface area contributed by atoms with Gasteiger partial charge in [0.2, 0.25) is 0 Å². The van der Waals surface area contributed by atoms with Crippen LogP contribution in [0.5, 0.6) is 0 Å². The Morgan fingerprint density at radius 1 is 0.857 bits per heavy atom. The third-order valence-corrected chi connectivity index (χ3v) is 3.06. The number of halogens is 1. The summed E-state index contributed by atoms with van der Waals surface area (Å²) >= 11 is 5.82. The third kappa shape index (κ3) is 10.5. The molecule has 0 saturated heterocycles. The Kier molecular flexibility index (Phi) is 11.2. The molecule has 0 radical (unpaired) electrons. The fourth-order valence-corrected chi connectivity index (χ4v) is 1.75. The van der Waals surface area contributed by atoms with E-state index in [0.29, 0.717) is 33.0 Å². The lowest BCUT2D eigenvalue weighted by Gasteiger charge is -2.08. The monoisotopic (exact) mass is 315 g/mol. The number of ether oxygens (including phenoxy) is 3. The highest BCUT2D eigenvalue weighted by atomic mass is 35.5. The number of benzene rings is 1. The van der Waals surface area contributed by atoms with E-state index in [-0.39, 0.29) is 0 Å². The minimum Gasteiger partial charge on any atom is -0.383 e. The molecular weight excluding hydrogens is 290 g/mol. The van der Waals surface area contributed by atoms with Crippen LogP contribution in [-0.4, -0.2) is 46.2 Å². The standard InChI is InChI=1S/C16H26ClNO3/c1-2-3-9-19-11-13-21-14-12-20-10-8-18-16-6-4-15(17)5-7-16/h4-7,18H,2-3,8-14H2,1H3. The van der Waals surface area contributed by atoms with E-state index in [4.69, 9.17) is 25.8 Å². The van der Waals surface area contributed by atoms with Crippen LogP contribution < -0.4 is 5.32 Å². The van der Waals surface area contributed by atoms with Gasteiger partial charge in [0, 0.05) is 23.9 Å². The summed E-state index contributed by atoms with van der Waals surface area (Å²) in [6, 6.07) is 7.62. The zero-order valence-electron chi connectivity index (χ0n) is 12.8.